The molecule has 0 radical (unpaired) electrons. The molecule has 1 amide bonds. The average Bonchev–Trinajstić information content (AvgIpc) is 2.45. The molecule has 1 aliphatic heterocycles. The van der Waals surface area contributed by atoms with Gasteiger partial charge in [-0.1, -0.05) is 29.8 Å². The van der Waals surface area contributed by atoms with Gasteiger partial charge in [-0.2, -0.15) is 0 Å². The summed E-state index contributed by atoms with van der Waals surface area (Å²) in [7, 11) is -3.49. The molecule has 0 bridgehead atoms. The number of halogens is 2. The lowest BCUT2D eigenvalue weighted by Gasteiger charge is -2.34. The molecule has 0 atom stereocenters. The lowest BCUT2D eigenvalue weighted by molar-refractivity contribution is -0.124. The summed E-state index contributed by atoms with van der Waals surface area (Å²) in [4.78, 5) is 12.5. The topological polar surface area (TPSA) is 75.3 Å². The van der Waals surface area contributed by atoms with Gasteiger partial charge in [0, 0.05) is 17.8 Å². The van der Waals surface area contributed by atoms with Crippen molar-refractivity contribution in [3.05, 3.63) is 34.9 Å². The van der Waals surface area contributed by atoms with Crippen molar-refractivity contribution < 1.29 is 13.2 Å². The van der Waals surface area contributed by atoms with E-state index in [2.05, 4.69) is 10.6 Å². The Balaban J connectivity index is 0.00000242. The number of benzene rings is 1. The van der Waals surface area contributed by atoms with Crippen LogP contribution in [0.25, 0.3) is 0 Å². The van der Waals surface area contributed by atoms with Gasteiger partial charge in [0.1, 0.15) is 0 Å². The van der Waals surface area contributed by atoms with Gasteiger partial charge in [0.2, 0.25) is 5.91 Å². The summed E-state index contributed by atoms with van der Waals surface area (Å²) < 4.78 is 22.9. The highest BCUT2D eigenvalue weighted by atomic mass is 35.5. The van der Waals surface area contributed by atoms with E-state index in [1.807, 2.05) is 6.07 Å². The number of carbonyl (C=O) groups is 1. The Morgan fingerprint density at radius 2 is 1.91 bits per heavy atom. The Labute approximate surface area is 142 Å². The molecule has 2 rings (SSSR count). The summed E-state index contributed by atoms with van der Waals surface area (Å²) >= 11 is 6.04. The molecule has 1 aromatic rings. The van der Waals surface area contributed by atoms with Crippen molar-refractivity contribution in [3.8, 4) is 0 Å². The molecule has 1 aliphatic rings. The van der Waals surface area contributed by atoms with E-state index < -0.39 is 20.5 Å². The van der Waals surface area contributed by atoms with E-state index in [-0.39, 0.29) is 19.0 Å². The molecule has 22 heavy (non-hydrogen) atoms. The highest BCUT2D eigenvalue weighted by Gasteiger charge is 2.48. The third kappa shape index (κ3) is 3.93. The summed E-state index contributed by atoms with van der Waals surface area (Å²) in [5.41, 5.74) is 0.769. The quantitative estimate of drug-likeness (QED) is 0.847. The zero-order valence-corrected chi connectivity index (χ0v) is 14.7. The lowest BCUT2D eigenvalue weighted by atomic mass is 9.95. The van der Waals surface area contributed by atoms with Gasteiger partial charge < -0.3 is 10.6 Å². The second-order valence-electron chi connectivity index (χ2n) is 5.29. The van der Waals surface area contributed by atoms with Crippen molar-refractivity contribution >= 4 is 39.8 Å². The summed E-state index contributed by atoms with van der Waals surface area (Å²) in [5, 5.41) is 6.36. The summed E-state index contributed by atoms with van der Waals surface area (Å²) in [6.45, 7) is 1.27. The molecule has 1 heterocycles. The third-order valence-corrected chi connectivity index (χ3v) is 6.31. The number of hydrogen-bond acceptors (Lipinski definition) is 4. The molecule has 5 nitrogen and oxygen atoms in total. The number of nitrogens with one attached hydrogen (secondary N) is 2. The van der Waals surface area contributed by atoms with Crippen LogP contribution in [-0.4, -0.2) is 38.4 Å². The summed E-state index contributed by atoms with van der Waals surface area (Å²) in [6.07, 6.45) is 1.72. The number of piperidine rings is 1. The van der Waals surface area contributed by atoms with Crippen molar-refractivity contribution in [1.29, 1.82) is 0 Å². The van der Waals surface area contributed by atoms with Crippen molar-refractivity contribution in [1.82, 2.24) is 10.6 Å². The van der Waals surface area contributed by atoms with Crippen molar-refractivity contribution in [2.24, 2.45) is 0 Å². The fraction of sp³-hybridized carbons (Fsp3) is 0.500. The molecule has 0 aliphatic carbocycles. The maximum atomic E-state index is 12.5. The van der Waals surface area contributed by atoms with Crippen molar-refractivity contribution in [2.45, 2.75) is 24.1 Å². The number of hydrogen-bond donors (Lipinski definition) is 2. The van der Waals surface area contributed by atoms with Gasteiger partial charge in [-0.05, 0) is 37.6 Å². The maximum absolute atomic E-state index is 12.5. The highest BCUT2D eigenvalue weighted by molar-refractivity contribution is 7.92. The number of carbonyl (C=O) groups excluding carboxylic acids is 1. The molecule has 0 aromatic heterocycles. The molecule has 0 saturated carbocycles. The van der Waals surface area contributed by atoms with Crippen LogP contribution in [0, 0.1) is 0 Å². The first-order valence-corrected chi connectivity index (χ1v) is 9.06. The van der Waals surface area contributed by atoms with Crippen LogP contribution in [0.1, 0.15) is 18.4 Å². The molecule has 124 valence electrons. The molecule has 8 heteroatoms. The van der Waals surface area contributed by atoms with E-state index in [9.17, 15) is 13.2 Å². The van der Waals surface area contributed by atoms with E-state index in [0.717, 1.165) is 11.8 Å². The van der Waals surface area contributed by atoms with Gasteiger partial charge in [0.05, 0.1) is 0 Å². The standard InChI is InChI=1S/C14H19ClN2O3S.ClH/c1-21(19,20)14(6-8-16-9-7-14)13(18)17-10-11-4-2-3-5-12(11)15;/h2-5,16H,6-10H2,1H3,(H,17,18);1H. The molecule has 2 N–H and O–H groups in total. The second-order valence-corrected chi connectivity index (χ2v) is 8.02. The van der Waals surface area contributed by atoms with E-state index >= 15 is 0 Å². The predicted octanol–water partition coefficient (Wildman–Crippen LogP) is 1.54. The fourth-order valence-electron chi connectivity index (χ4n) is 2.58. The van der Waals surface area contributed by atoms with Crippen LogP contribution in [-0.2, 0) is 21.2 Å². The number of amides is 1. The van der Waals surface area contributed by atoms with Crippen LogP contribution in [0.5, 0.6) is 0 Å². The van der Waals surface area contributed by atoms with Crippen LogP contribution < -0.4 is 10.6 Å². The first-order valence-electron chi connectivity index (χ1n) is 6.79. The van der Waals surface area contributed by atoms with Crippen LogP contribution in [0.3, 0.4) is 0 Å². The van der Waals surface area contributed by atoms with Crippen LogP contribution in [0.4, 0.5) is 0 Å². The van der Waals surface area contributed by atoms with Crippen molar-refractivity contribution in [2.75, 3.05) is 19.3 Å². The van der Waals surface area contributed by atoms with Crippen molar-refractivity contribution in [3.63, 3.8) is 0 Å². The Hall–Kier alpha value is -0.820. The second kappa shape index (κ2) is 7.64. The Morgan fingerprint density at radius 1 is 1.32 bits per heavy atom. The minimum atomic E-state index is -3.49. The normalized spacial score (nSPS) is 17.4. The molecule has 0 unspecified atom stereocenters. The van der Waals surface area contributed by atoms with Gasteiger partial charge in [0.15, 0.2) is 14.6 Å². The Morgan fingerprint density at radius 3 is 2.45 bits per heavy atom. The lowest BCUT2D eigenvalue weighted by Crippen LogP contribution is -2.57. The SMILES string of the molecule is CS(=O)(=O)C1(C(=O)NCc2ccccc2Cl)CCNCC1.Cl. The molecule has 1 saturated heterocycles. The zero-order valence-electron chi connectivity index (χ0n) is 12.3. The summed E-state index contributed by atoms with van der Waals surface area (Å²) in [5.74, 6) is -0.439. The average molecular weight is 367 g/mol. The molecule has 1 fully saturated rings. The smallest absolute Gasteiger partial charge is 0.241 e. The van der Waals surface area contributed by atoms with Gasteiger partial charge in [-0.15, -0.1) is 12.4 Å². The molecule has 0 spiro atoms. The predicted molar refractivity (Wildman–Crippen MR) is 90.2 cm³/mol. The van der Waals surface area contributed by atoms with Crippen LogP contribution in [0.15, 0.2) is 24.3 Å². The van der Waals surface area contributed by atoms with Crippen LogP contribution in [0.2, 0.25) is 5.02 Å². The maximum Gasteiger partial charge on any atom is 0.241 e. The van der Waals surface area contributed by atoms with Gasteiger partial charge in [-0.25, -0.2) is 8.42 Å². The largest absolute Gasteiger partial charge is 0.351 e. The Bertz CT molecular complexity index is 629. The Kier molecular flexibility index (Phi) is 6.67. The molecule has 1 aromatic carbocycles. The molecular weight excluding hydrogens is 347 g/mol. The first kappa shape index (κ1) is 19.2. The minimum Gasteiger partial charge on any atom is -0.351 e. The molecular formula is C14H20Cl2N2O3S. The number of rotatable bonds is 4. The fourth-order valence-corrected chi connectivity index (χ4v) is 4.13. The van der Waals surface area contributed by atoms with E-state index in [1.165, 1.54) is 0 Å². The van der Waals surface area contributed by atoms with Gasteiger partial charge in [-0.3, -0.25) is 4.79 Å². The zero-order chi connectivity index (χ0) is 15.5. The van der Waals surface area contributed by atoms with E-state index in [0.29, 0.717) is 31.0 Å². The third-order valence-electron chi connectivity index (χ3n) is 3.93. The summed E-state index contributed by atoms with van der Waals surface area (Å²) in [6, 6.07) is 7.17. The minimum absolute atomic E-state index is 0. The monoisotopic (exact) mass is 366 g/mol. The van der Waals surface area contributed by atoms with Gasteiger partial charge >= 0.3 is 0 Å². The number of sulfone groups is 1. The van der Waals surface area contributed by atoms with E-state index in [4.69, 9.17) is 11.6 Å². The first-order chi connectivity index (χ1) is 9.87. The van der Waals surface area contributed by atoms with E-state index in [1.54, 1.807) is 18.2 Å². The van der Waals surface area contributed by atoms with Gasteiger partial charge in [0.25, 0.3) is 0 Å². The highest BCUT2D eigenvalue weighted by Crippen LogP contribution is 2.28. The van der Waals surface area contributed by atoms with Crippen LogP contribution >= 0.6 is 24.0 Å².